The van der Waals surface area contributed by atoms with Crippen molar-refractivity contribution in [1.29, 1.82) is 0 Å². The first-order valence-corrected chi connectivity index (χ1v) is 7.38. The second-order valence-corrected chi connectivity index (χ2v) is 5.46. The number of rotatable bonds is 5. The first kappa shape index (κ1) is 15.3. The van der Waals surface area contributed by atoms with Gasteiger partial charge in [0.25, 0.3) is 0 Å². The summed E-state index contributed by atoms with van der Waals surface area (Å²) in [6.45, 7) is 6.23. The van der Waals surface area contributed by atoms with E-state index in [-0.39, 0.29) is 5.78 Å². The third-order valence-electron chi connectivity index (χ3n) is 3.74. The number of carbonyl (C=O) groups is 1. The maximum atomic E-state index is 12.2. The number of carbonyl (C=O) groups excluding carboxylic acids is 1. The Balaban J connectivity index is 2.49. The number of hydrogen-bond donors (Lipinski definition) is 0. The molecule has 0 radical (unpaired) electrons. The lowest BCUT2D eigenvalue weighted by molar-refractivity contribution is 0.0988. The van der Waals surface area contributed by atoms with E-state index in [4.69, 9.17) is 4.74 Å². The van der Waals surface area contributed by atoms with E-state index in [1.165, 1.54) is 5.56 Å². The fourth-order valence-corrected chi connectivity index (χ4v) is 2.37. The van der Waals surface area contributed by atoms with Crippen LogP contribution < -0.4 is 4.74 Å². The lowest BCUT2D eigenvalue weighted by Crippen LogP contribution is -2.01. The average Bonchev–Trinajstić information content (AvgIpc) is 2.53. The first-order valence-electron chi connectivity index (χ1n) is 7.38. The van der Waals surface area contributed by atoms with Crippen molar-refractivity contribution in [2.45, 2.75) is 33.1 Å². The van der Waals surface area contributed by atoms with Gasteiger partial charge in [0.05, 0.1) is 7.11 Å². The molecule has 2 aromatic rings. The second kappa shape index (κ2) is 6.57. The zero-order valence-electron chi connectivity index (χ0n) is 13.1. The van der Waals surface area contributed by atoms with E-state index >= 15 is 0 Å². The molecule has 0 fully saturated rings. The summed E-state index contributed by atoms with van der Waals surface area (Å²) in [6.07, 6.45) is 0.490. The van der Waals surface area contributed by atoms with Crippen LogP contribution in [0.5, 0.6) is 5.75 Å². The van der Waals surface area contributed by atoms with Crippen LogP contribution in [-0.4, -0.2) is 12.9 Å². The van der Waals surface area contributed by atoms with Crippen molar-refractivity contribution < 1.29 is 9.53 Å². The third-order valence-corrected chi connectivity index (χ3v) is 3.74. The molecule has 0 aliphatic rings. The molecule has 0 N–H and O–H groups in total. The fraction of sp³-hybridized carbons (Fsp3) is 0.316. The largest absolute Gasteiger partial charge is 0.497 e. The number of Topliss-reactive ketones (excluding diaryl/α,β-unsaturated/α-hetero) is 1. The predicted octanol–water partition coefficient (Wildman–Crippen LogP) is 5.08. The van der Waals surface area contributed by atoms with Crippen LogP contribution in [0.25, 0.3) is 11.1 Å². The van der Waals surface area contributed by atoms with Gasteiger partial charge in [-0.05, 0) is 40.8 Å². The van der Waals surface area contributed by atoms with Crippen LogP contribution in [0.3, 0.4) is 0 Å². The Labute approximate surface area is 126 Å². The second-order valence-electron chi connectivity index (χ2n) is 5.46. The molecule has 2 nitrogen and oxygen atoms in total. The van der Waals surface area contributed by atoms with Crippen LogP contribution in [0.15, 0.2) is 42.5 Å². The van der Waals surface area contributed by atoms with Crippen LogP contribution in [0, 0.1) is 0 Å². The molecule has 0 heterocycles. The molecular formula is C19H22O2. The normalized spacial score (nSPS) is 10.7. The number of hydrogen-bond acceptors (Lipinski definition) is 2. The Hall–Kier alpha value is -2.09. The summed E-state index contributed by atoms with van der Waals surface area (Å²) in [5.41, 5.74) is 4.07. The van der Waals surface area contributed by atoms with Crippen LogP contribution >= 0.6 is 0 Å². The standard InChI is InChI=1S/C19H22O2/c1-5-19(20)18-12-16(21-4)10-11-17(18)15-8-6-14(7-9-15)13(2)3/h6-13H,5H2,1-4H3. The molecule has 0 atom stereocenters. The molecule has 2 heteroatoms. The van der Waals surface area contributed by atoms with Gasteiger partial charge in [-0.25, -0.2) is 0 Å². The van der Waals surface area contributed by atoms with E-state index in [9.17, 15) is 4.79 Å². The van der Waals surface area contributed by atoms with Gasteiger partial charge in [-0.2, -0.15) is 0 Å². The van der Waals surface area contributed by atoms with Crippen LogP contribution in [-0.2, 0) is 0 Å². The van der Waals surface area contributed by atoms with Gasteiger partial charge >= 0.3 is 0 Å². The minimum atomic E-state index is 0.136. The number of ether oxygens (including phenoxy) is 1. The molecule has 0 spiro atoms. The molecule has 0 bridgehead atoms. The summed E-state index contributed by atoms with van der Waals surface area (Å²) in [7, 11) is 1.62. The molecule has 0 aliphatic heterocycles. The Morgan fingerprint density at radius 3 is 2.29 bits per heavy atom. The molecular weight excluding hydrogens is 260 g/mol. The van der Waals surface area contributed by atoms with E-state index in [0.717, 1.165) is 16.7 Å². The summed E-state index contributed by atoms with van der Waals surface area (Å²) >= 11 is 0. The van der Waals surface area contributed by atoms with Crippen molar-refractivity contribution in [2.24, 2.45) is 0 Å². The molecule has 2 rings (SSSR count). The Bertz CT molecular complexity index is 625. The lowest BCUT2D eigenvalue weighted by Gasteiger charge is -2.12. The molecule has 21 heavy (non-hydrogen) atoms. The summed E-state index contributed by atoms with van der Waals surface area (Å²) in [6, 6.07) is 14.1. The highest BCUT2D eigenvalue weighted by molar-refractivity contribution is 6.02. The van der Waals surface area contributed by atoms with Crippen LogP contribution in [0.2, 0.25) is 0 Å². The summed E-state index contributed by atoms with van der Waals surface area (Å²) in [4.78, 5) is 12.2. The van der Waals surface area contributed by atoms with Crippen molar-refractivity contribution in [3.8, 4) is 16.9 Å². The van der Waals surface area contributed by atoms with Crippen molar-refractivity contribution in [3.63, 3.8) is 0 Å². The Kier molecular flexibility index (Phi) is 4.79. The van der Waals surface area contributed by atoms with E-state index in [1.807, 2.05) is 25.1 Å². The summed E-state index contributed by atoms with van der Waals surface area (Å²) in [5, 5.41) is 0. The van der Waals surface area contributed by atoms with Gasteiger partial charge in [0.15, 0.2) is 5.78 Å². The highest BCUT2D eigenvalue weighted by atomic mass is 16.5. The quantitative estimate of drug-likeness (QED) is 0.715. The first-order chi connectivity index (χ1) is 10.1. The highest BCUT2D eigenvalue weighted by Crippen LogP contribution is 2.29. The van der Waals surface area contributed by atoms with Gasteiger partial charge in [0.1, 0.15) is 5.75 Å². The monoisotopic (exact) mass is 282 g/mol. The van der Waals surface area contributed by atoms with Gasteiger partial charge in [-0.15, -0.1) is 0 Å². The van der Waals surface area contributed by atoms with Crippen molar-refractivity contribution in [3.05, 3.63) is 53.6 Å². The molecule has 0 amide bonds. The smallest absolute Gasteiger partial charge is 0.163 e. The van der Waals surface area contributed by atoms with E-state index < -0.39 is 0 Å². The molecule has 0 aliphatic carbocycles. The Morgan fingerprint density at radius 2 is 1.76 bits per heavy atom. The van der Waals surface area contributed by atoms with E-state index in [1.54, 1.807) is 7.11 Å². The molecule has 2 aromatic carbocycles. The van der Waals surface area contributed by atoms with Crippen molar-refractivity contribution in [2.75, 3.05) is 7.11 Å². The van der Waals surface area contributed by atoms with E-state index in [0.29, 0.717) is 18.1 Å². The maximum Gasteiger partial charge on any atom is 0.163 e. The van der Waals surface area contributed by atoms with Gasteiger partial charge in [0, 0.05) is 12.0 Å². The van der Waals surface area contributed by atoms with Crippen molar-refractivity contribution >= 4 is 5.78 Å². The highest BCUT2D eigenvalue weighted by Gasteiger charge is 2.13. The Morgan fingerprint density at radius 1 is 1.10 bits per heavy atom. The number of ketones is 1. The minimum Gasteiger partial charge on any atom is -0.497 e. The zero-order chi connectivity index (χ0) is 15.4. The van der Waals surface area contributed by atoms with Gasteiger partial charge < -0.3 is 4.74 Å². The van der Waals surface area contributed by atoms with Crippen LogP contribution in [0.1, 0.15) is 49.0 Å². The van der Waals surface area contributed by atoms with Crippen LogP contribution in [0.4, 0.5) is 0 Å². The maximum absolute atomic E-state index is 12.2. The predicted molar refractivity (Wildman–Crippen MR) is 87.1 cm³/mol. The van der Waals surface area contributed by atoms with Gasteiger partial charge in [-0.1, -0.05) is 45.0 Å². The van der Waals surface area contributed by atoms with Crippen molar-refractivity contribution in [1.82, 2.24) is 0 Å². The van der Waals surface area contributed by atoms with Gasteiger partial charge in [0.2, 0.25) is 0 Å². The molecule has 0 saturated carbocycles. The minimum absolute atomic E-state index is 0.136. The molecule has 0 aromatic heterocycles. The summed E-state index contributed by atoms with van der Waals surface area (Å²) in [5.74, 6) is 1.36. The molecule has 0 saturated heterocycles. The van der Waals surface area contributed by atoms with Gasteiger partial charge in [-0.3, -0.25) is 4.79 Å². The van der Waals surface area contributed by atoms with E-state index in [2.05, 4.69) is 38.1 Å². The zero-order valence-corrected chi connectivity index (χ0v) is 13.1. The number of benzene rings is 2. The lowest BCUT2D eigenvalue weighted by atomic mass is 9.93. The average molecular weight is 282 g/mol. The SMILES string of the molecule is CCC(=O)c1cc(OC)ccc1-c1ccc(C(C)C)cc1. The summed E-state index contributed by atoms with van der Waals surface area (Å²) < 4.78 is 5.24. The topological polar surface area (TPSA) is 26.3 Å². The fourth-order valence-electron chi connectivity index (χ4n) is 2.37. The third kappa shape index (κ3) is 3.33. The number of methoxy groups -OCH3 is 1. The molecule has 0 unspecified atom stereocenters. The molecule has 110 valence electrons.